The van der Waals surface area contributed by atoms with Crippen LogP contribution in [0.25, 0.3) is 0 Å². The van der Waals surface area contributed by atoms with Crippen molar-refractivity contribution in [3.8, 4) is 0 Å². The van der Waals surface area contributed by atoms with Gasteiger partial charge in [0.25, 0.3) is 5.91 Å². The molecule has 29 heavy (non-hydrogen) atoms. The molecule has 0 radical (unpaired) electrons. The van der Waals surface area contributed by atoms with E-state index in [4.69, 9.17) is 0 Å². The van der Waals surface area contributed by atoms with Gasteiger partial charge in [-0.3, -0.25) is 9.59 Å². The van der Waals surface area contributed by atoms with Crippen LogP contribution in [0.3, 0.4) is 0 Å². The third-order valence-corrected chi connectivity index (χ3v) is 6.09. The zero-order valence-corrected chi connectivity index (χ0v) is 17.4. The van der Waals surface area contributed by atoms with Gasteiger partial charge in [0.05, 0.1) is 4.90 Å². The molecule has 0 heterocycles. The molecule has 2 aromatic carbocycles. The Balaban J connectivity index is 1.84. The lowest BCUT2D eigenvalue weighted by atomic mass is 10.2. The molecule has 2 rings (SSSR count). The van der Waals surface area contributed by atoms with Crippen molar-refractivity contribution in [3.63, 3.8) is 0 Å². The molecule has 0 bridgehead atoms. The summed E-state index contributed by atoms with van der Waals surface area (Å²) in [5.74, 6) is -0.903. The molecule has 2 aromatic rings. The van der Waals surface area contributed by atoms with Crippen molar-refractivity contribution in [2.24, 2.45) is 0 Å². The van der Waals surface area contributed by atoms with E-state index >= 15 is 0 Å². The van der Waals surface area contributed by atoms with Crippen molar-refractivity contribution in [2.75, 3.05) is 33.0 Å². The molecule has 0 aliphatic heterocycles. The van der Waals surface area contributed by atoms with Crippen molar-refractivity contribution in [1.82, 2.24) is 9.21 Å². The van der Waals surface area contributed by atoms with Gasteiger partial charge in [-0.2, -0.15) is 0 Å². The summed E-state index contributed by atoms with van der Waals surface area (Å²) in [6, 6.07) is 11.1. The lowest BCUT2D eigenvalue weighted by molar-refractivity contribution is -0.116. The Morgan fingerprint density at radius 3 is 2.10 bits per heavy atom. The number of anilines is 1. The van der Waals surface area contributed by atoms with Gasteiger partial charge in [-0.05, 0) is 55.0 Å². The smallest absolute Gasteiger partial charge is 0.253 e. The number of sulfonamides is 1. The van der Waals surface area contributed by atoms with Gasteiger partial charge in [0.1, 0.15) is 5.82 Å². The van der Waals surface area contributed by atoms with Crippen molar-refractivity contribution >= 4 is 27.5 Å². The summed E-state index contributed by atoms with van der Waals surface area (Å²) >= 11 is 0. The molecular formula is C20H24FN3O4S. The number of carbonyl (C=O) groups excluding carboxylic acids is 2. The minimum absolute atomic E-state index is 0.00166. The highest BCUT2D eigenvalue weighted by atomic mass is 32.2. The molecular weight excluding hydrogens is 397 g/mol. The van der Waals surface area contributed by atoms with Gasteiger partial charge in [0.15, 0.2) is 0 Å². The van der Waals surface area contributed by atoms with Crippen LogP contribution in [-0.4, -0.2) is 57.1 Å². The second-order valence-corrected chi connectivity index (χ2v) is 8.75. The second-order valence-electron chi connectivity index (χ2n) is 6.71. The molecule has 0 saturated heterocycles. The van der Waals surface area contributed by atoms with Crippen molar-refractivity contribution in [3.05, 3.63) is 59.9 Å². The number of benzene rings is 2. The molecule has 0 atom stereocenters. The van der Waals surface area contributed by atoms with Gasteiger partial charge in [0, 0.05) is 45.4 Å². The van der Waals surface area contributed by atoms with E-state index < -0.39 is 15.8 Å². The Morgan fingerprint density at radius 1 is 0.966 bits per heavy atom. The van der Waals surface area contributed by atoms with E-state index in [0.717, 1.165) is 16.4 Å². The maximum Gasteiger partial charge on any atom is 0.253 e. The number of halogens is 1. The first-order valence-corrected chi connectivity index (χ1v) is 10.4. The van der Waals surface area contributed by atoms with Crippen molar-refractivity contribution < 1.29 is 22.4 Å². The van der Waals surface area contributed by atoms with Crippen LogP contribution in [0.4, 0.5) is 10.1 Å². The van der Waals surface area contributed by atoms with Gasteiger partial charge in [0.2, 0.25) is 15.9 Å². The van der Waals surface area contributed by atoms with E-state index in [0.29, 0.717) is 17.7 Å². The monoisotopic (exact) mass is 421 g/mol. The van der Waals surface area contributed by atoms with Gasteiger partial charge in [-0.1, -0.05) is 0 Å². The van der Waals surface area contributed by atoms with Crippen LogP contribution < -0.4 is 5.32 Å². The summed E-state index contributed by atoms with van der Waals surface area (Å²) in [7, 11) is 0.996. The Kier molecular flexibility index (Phi) is 7.46. The lowest BCUT2D eigenvalue weighted by Gasteiger charge is -2.17. The average Bonchev–Trinajstić information content (AvgIpc) is 2.68. The van der Waals surface area contributed by atoms with Crippen molar-refractivity contribution in [2.45, 2.75) is 17.7 Å². The van der Waals surface area contributed by atoms with E-state index in [9.17, 15) is 22.4 Å². The number of rotatable bonds is 8. The third-order valence-electron chi connectivity index (χ3n) is 4.22. The Labute approximate surface area is 170 Å². The molecule has 2 amide bonds. The SMILES string of the molecule is CN(C)C(=O)c1ccc(NC(=O)CCCN(C)S(=O)(=O)c2ccc(F)cc2)cc1. The predicted molar refractivity (Wildman–Crippen MR) is 109 cm³/mol. The van der Waals surface area contributed by atoms with Crippen LogP contribution in [0, 0.1) is 5.82 Å². The van der Waals surface area contributed by atoms with E-state index in [-0.39, 0.29) is 29.7 Å². The predicted octanol–water partition coefficient (Wildman–Crippen LogP) is 2.57. The number of nitrogens with zero attached hydrogens (tertiary/aromatic N) is 2. The van der Waals surface area contributed by atoms with E-state index in [1.54, 1.807) is 38.4 Å². The van der Waals surface area contributed by atoms with E-state index in [2.05, 4.69) is 5.32 Å². The summed E-state index contributed by atoms with van der Waals surface area (Å²) in [6.07, 6.45) is 0.446. The van der Waals surface area contributed by atoms with Gasteiger partial charge in [-0.25, -0.2) is 17.1 Å². The molecule has 0 aliphatic rings. The molecule has 0 aromatic heterocycles. The fraction of sp³-hybridized carbons (Fsp3) is 0.300. The molecule has 7 nitrogen and oxygen atoms in total. The molecule has 156 valence electrons. The van der Waals surface area contributed by atoms with Gasteiger partial charge < -0.3 is 10.2 Å². The molecule has 9 heteroatoms. The first-order valence-electron chi connectivity index (χ1n) is 8.95. The van der Waals surface area contributed by atoms with E-state index in [1.807, 2.05) is 0 Å². The molecule has 0 fully saturated rings. The molecule has 0 unspecified atom stereocenters. The highest BCUT2D eigenvalue weighted by Gasteiger charge is 2.20. The van der Waals surface area contributed by atoms with Crippen LogP contribution >= 0.6 is 0 Å². The average molecular weight is 421 g/mol. The highest BCUT2D eigenvalue weighted by molar-refractivity contribution is 7.89. The molecule has 0 aliphatic carbocycles. The van der Waals surface area contributed by atoms with Gasteiger partial charge >= 0.3 is 0 Å². The highest BCUT2D eigenvalue weighted by Crippen LogP contribution is 2.16. The number of nitrogens with one attached hydrogen (secondary N) is 1. The minimum atomic E-state index is -3.73. The maximum atomic E-state index is 13.0. The van der Waals surface area contributed by atoms with E-state index in [1.165, 1.54) is 24.1 Å². The zero-order chi connectivity index (χ0) is 21.6. The summed E-state index contributed by atoms with van der Waals surface area (Å²) in [6.45, 7) is 0.142. The standard InChI is InChI=1S/C20H24FN3O4S/c1-23(2)20(26)15-6-10-17(11-7-15)22-19(25)5-4-14-24(3)29(27,28)18-12-8-16(21)9-13-18/h6-13H,4-5,14H2,1-3H3,(H,22,25). The summed E-state index contributed by atoms with van der Waals surface area (Å²) in [5, 5.41) is 2.71. The number of carbonyl (C=O) groups is 2. The number of amides is 2. The maximum absolute atomic E-state index is 13.0. The minimum Gasteiger partial charge on any atom is -0.345 e. The first-order chi connectivity index (χ1) is 13.6. The summed E-state index contributed by atoms with van der Waals surface area (Å²) in [5.41, 5.74) is 1.07. The van der Waals surface area contributed by atoms with Crippen molar-refractivity contribution in [1.29, 1.82) is 0 Å². The summed E-state index contributed by atoms with van der Waals surface area (Å²) < 4.78 is 38.9. The second kappa shape index (κ2) is 9.62. The van der Waals surface area contributed by atoms with Crippen LogP contribution in [-0.2, 0) is 14.8 Å². The first kappa shape index (κ1) is 22.5. The lowest BCUT2D eigenvalue weighted by Crippen LogP contribution is -2.28. The molecule has 1 N–H and O–H groups in total. The number of hydrogen-bond acceptors (Lipinski definition) is 4. The Morgan fingerprint density at radius 2 is 1.55 bits per heavy atom. The van der Waals surface area contributed by atoms with Crippen LogP contribution in [0.1, 0.15) is 23.2 Å². The quantitative estimate of drug-likeness (QED) is 0.710. The zero-order valence-electron chi connectivity index (χ0n) is 16.6. The number of hydrogen-bond donors (Lipinski definition) is 1. The topological polar surface area (TPSA) is 86.8 Å². The Bertz CT molecular complexity index is 958. The van der Waals surface area contributed by atoms with Crippen LogP contribution in [0.2, 0.25) is 0 Å². The Hall–Kier alpha value is -2.78. The van der Waals surface area contributed by atoms with Crippen LogP contribution in [0.15, 0.2) is 53.4 Å². The molecule has 0 spiro atoms. The van der Waals surface area contributed by atoms with Crippen LogP contribution in [0.5, 0.6) is 0 Å². The summed E-state index contributed by atoms with van der Waals surface area (Å²) in [4.78, 5) is 25.4. The van der Waals surface area contributed by atoms with Gasteiger partial charge in [-0.15, -0.1) is 0 Å². The normalized spacial score (nSPS) is 11.3. The fourth-order valence-corrected chi connectivity index (χ4v) is 3.76. The fourth-order valence-electron chi connectivity index (χ4n) is 2.55. The molecule has 0 saturated carbocycles. The third kappa shape index (κ3) is 6.10. The largest absolute Gasteiger partial charge is 0.345 e.